The van der Waals surface area contributed by atoms with E-state index in [-0.39, 0.29) is 11.1 Å². The second-order valence-corrected chi connectivity index (χ2v) is 7.99. The molecule has 0 fully saturated rings. The van der Waals surface area contributed by atoms with Crippen molar-refractivity contribution in [3.8, 4) is 0 Å². The third kappa shape index (κ3) is 3.58. The molecule has 3 heterocycles. The van der Waals surface area contributed by atoms with E-state index in [1.165, 1.54) is 34.5 Å². The number of anilines is 1. The van der Waals surface area contributed by atoms with Crippen LogP contribution in [0.15, 0.2) is 65.6 Å². The standard InChI is InChI=1S/C24H22FN5O2/c1-28-21-10-11-29(14-16-6-3-2-4-7-16)15-20(21)24(32)30-23(28)19(13-26-30)22(31)27-18-9-5-8-17(25)12-18/h2-9,12-13H,10-11,14-15H2,1H3,(H,27,31). The molecule has 0 spiro atoms. The number of rotatable bonds is 4. The number of nitrogens with zero attached hydrogens (tertiary/aromatic N) is 4. The van der Waals surface area contributed by atoms with Gasteiger partial charge in [-0.3, -0.25) is 14.5 Å². The van der Waals surface area contributed by atoms with Crippen molar-refractivity contribution in [3.63, 3.8) is 0 Å². The fourth-order valence-corrected chi connectivity index (χ4v) is 4.34. The second kappa shape index (κ2) is 8.05. The van der Waals surface area contributed by atoms with Gasteiger partial charge in [-0.05, 0) is 23.8 Å². The molecule has 7 nitrogen and oxygen atoms in total. The van der Waals surface area contributed by atoms with Gasteiger partial charge in [0.1, 0.15) is 11.4 Å². The molecule has 8 heteroatoms. The van der Waals surface area contributed by atoms with Crippen LogP contribution in [-0.2, 0) is 26.6 Å². The Bertz CT molecular complexity index is 1380. The van der Waals surface area contributed by atoms with Gasteiger partial charge in [-0.1, -0.05) is 36.4 Å². The molecule has 0 saturated carbocycles. The van der Waals surface area contributed by atoms with E-state index in [1.54, 1.807) is 6.07 Å². The highest BCUT2D eigenvalue weighted by atomic mass is 19.1. The number of halogens is 1. The van der Waals surface area contributed by atoms with Crippen LogP contribution in [0.4, 0.5) is 10.1 Å². The number of carbonyl (C=O) groups is 1. The van der Waals surface area contributed by atoms with E-state index in [4.69, 9.17) is 0 Å². The first-order valence-electron chi connectivity index (χ1n) is 10.4. The third-order valence-electron chi connectivity index (χ3n) is 5.89. The Morgan fingerprint density at radius 3 is 2.75 bits per heavy atom. The van der Waals surface area contributed by atoms with Gasteiger partial charge in [0.2, 0.25) is 0 Å². The fourth-order valence-electron chi connectivity index (χ4n) is 4.34. The normalized spacial score (nSPS) is 13.8. The topological polar surface area (TPSA) is 71.6 Å². The summed E-state index contributed by atoms with van der Waals surface area (Å²) in [5.41, 5.74) is 3.63. The molecule has 0 aliphatic carbocycles. The Kier molecular flexibility index (Phi) is 5.07. The second-order valence-electron chi connectivity index (χ2n) is 7.99. The molecule has 0 saturated heterocycles. The van der Waals surface area contributed by atoms with Crippen LogP contribution in [0.2, 0.25) is 0 Å². The molecule has 162 valence electrons. The molecule has 2 aromatic heterocycles. The van der Waals surface area contributed by atoms with Crippen molar-refractivity contribution in [3.05, 3.63) is 99.3 Å². The summed E-state index contributed by atoms with van der Waals surface area (Å²) in [7, 11) is 1.85. The maximum Gasteiger partial charge on any atom is 0.279 e. The van der Waals surface area contributed by atoms with E-state index in [0.29, 0.717) is 29.9 Å². The molecule has 1 N–H and O–H groups in total. The number of nitrogens with one attached hydrogen (secondary N) is 1. The molecule has 2 aromatic carbocycles. The third-order valence-corrected chi connectivity index (χ3v) is 5.89. The Balaban J connectivity index is 1.48. The number of hydrogen-bond donors (Lipinski definition) is 1. The zero-order valence-corrected chi connectivity index (χ0v) is 17.6. The first kappa shape index (κ1) is 20.1. The van der Waals surface area contributed by atoms with Gasteiger partial charge in [-0.2, -0.15) is 9.61 Å². The first-order chi connectivity index (χ1) is 15.5. The van der Waals surface area contributed by atoms with Crippen molar-refractivity contribution >= 4 is 17.2 Å². The van der Waals surface area contributed by atoms with E-state index in [9.17, 15) is 14.0 Å². The average Bonchev–Trinajstić information content (AvgIpc) is 3.24. The molecule has 0 radical (unpaired) electrons. The molecule has 1 aliphatic rings. The van der Waals surface area contributed by atoms with Crippen molar-refractivity contribution in [2.24, 2.45) is 7.05 Å². The highest BCUT2D eigenvalue weighted by Crippen LogP contribution is 2.21. The molecule has 32 heavy (non-hydrogen) atoms. The number of benzene rings is 2. The smallest absolute Gasteiger partial charge is 0.279 e. The van der Waals surface area contributed by atoms with Crippen LogP contribution >= 0.6 is 0 Å². The van der Waals surface area contributed by atoms with Gasteiger partial charge in [0, 0.05) is 44.5 Å². The zero-order chi connectivity index (χ0) is 22.2. The Morgan fingerprint density at radius 1 is 1.16 bits per heavy atom. The van der Waals surface area contributed by atoms with Crippen LogP contribution in [0.5, 0.6) is 0 Å². The minimum absolute atomic E-state index is 0.212. The van der Waals surface area contributed by atoms with Crippen LogP contribution in [0.3, 0.4) is 0 Å². The SMILES string of the molecule is Cn1c2c(c(=O)n3ncc(C(=O)Nc4cccc(F)c4)c13)CN(Cc1ccccc1)CC2. The molecule has 4 aromatic rings. The number of aryl methyl sites for hydroxylation is 1. The van der Waals surface area contributed by atoms with Crippen molar-refractivity contribution in [1.29, 1.82) is 0 Å². The Labute approximate surface area is 183 Å². The van der Waals surface area contributed by atoms with Crippen LogP contribution in [0, 0.1) is 5.82 Å². The minimum Gasteiger partial charge on any atom is -0.332 e. The number of carbonyl (C=O) groups excluding carboxylic acids is 1. The zero-order valence-electron chi connectivity index (χ0n) is 17.6. The lowest BCUT2D eigenvalue weighted by Gasteiger charge is -2.29. The Morgan fingerprint density at radius 2 is 1.97 bits per heavy atom. The lowest BCUT2D eigenvalue weighted by molar-refractivity contribution is 0.102. The lowest BCUT2D eigenvalue weighted by Crippen LogP contribution is -2.38. The molecule has 1 aliphatic heterocycles. The van der Waals surface area contributed by atoms with Gasteiger partial charge in [0.15, 0.2) is 5.65 Å². The number of fused-ring (bicyclic) bond motifs is 2. The van der Waals surface area contributed by atoms with Crippen LogP contribution in [-0.4, -0.2) is 31.5 Å². The van der Waals surface area contributed by atoms with Crippen LogP contribution in [0.25, 0.3) is 5.65 Å². The monoisotopic (exact) mass is 431 g/mol. The van der Waals surface area contributed by atoms with Crippen molar-refractivity contribution < 1.29 is 9.18 Å². The lowest BCUT2D eigenvalue weighted by atomic mass is 10.1. The molecule has 1 amide bonds. The van der Waals surface area contributed by atoms with Crippen LogP contribution in [0.1, 0.15) is 27.2 Å². The highest BCUT2D eigenvalue weighted by molar-refractivity contribution is 6.08. The van der Waals surface area contributed by atoms with Crippen molar-refractivity contribution in [2.75, 3.05) is 11.9 Å². The summed E-state index contributed by atoms with van der Waals surface area (Å²) >= 11 is 0. The average molecular weight is 431 g/mol. The van der Waals surface area contributed by atoms with E-state index >= 15 is 0 Å². The minimum atomic E-state index is -0.443. The predicted octanol–water partition coefficient (Wildman–Crippen LogP) is 2.98. The summed E-state index contributed by atoms with van der Waals surface area (Å²) in [6.07, 6.45) is 2.08. The molecular formula is C24H22FN5O2. The van der Waals surface area contributed by atoms with E-state index in [0.717, 1.165) is 18.8 Å². The van der Waals surface area contributed by atoms with Gasteiger partial charge >= 0.3 is 0 Å². The Hall–Kier alpha value is -3.78. The largest absolute Gasteiger partial charge is 0.332 e. The van der Waals surface area contributed by atoms with E-state index < -0.39 is 11.7 Å². The van der Waals surface area contributed by atoms with E-state index in [2.05, 4.69) is 27.4 Å². The summed E-state index contributed by atoms with van der Waals surface area (Å²) in [6, 6.07) is 15.8. The van der Waals surface area contributed by atoms with Gasteiger partial charge < -0.3 is 9.88 Å². The number of hydrogen-bond acceptors (Lipinski definition) is 4. The van der Waals surface area contributed by atoms with Crippen LogP contribution < -0.4 is 10.9 Å². The highest BCUT2D eigenvalue weighted by Gasteiger charge is 2.26. The van der Waals surface area contributed by atoms with Gasteiger partial charge in [0.25, 0.3) is 11.5 Å². The van der Waals surface area contributed by atoms with Gasteiger partial charge in [-0.25, -0.2) is 4.39 Å². The summed E-state index contributed by atoms with van der Waals surface area (Å²) in [5.74, 6) is -0.883. The van der Waals surface area contributed by atoms with E-state index in [1.807, 2.05) is 29.8 Å². The summed E-state index contributed by atoms with van der Waals surface area (Å²) in [6.45, 7) is 2.10. The molecular weight excluding hydrogens is 409 g/mol. The molecule has 5 rings (SSSR count). The van der Waals surface area contributed by atoms with Gasteiger partial charge in [0.05, 0.1) is 11.8 Å². The number of aromatic nitrogens is 3. The maximum atomic E-state index is 13.5. The molecule has 0 atom stereocenters. The molecule has 0 bridgehead atoms. The fraction of sp³-hybridized carbons (Fsp3) is 0.208. The van der Waals surface area contributed by atoms with Gasteiger partial charge in [-0.15, -0.1) is 0 Å². The van der Waals surface area contributed by atoms with Crippen molar-refractivity contribution in [2.45, 2.75) is 19.5 Å². The quantitative estimate of drug-likeness (QED) is 0.539. The molecule has 0 unspecified atom stereocenters. The summed E-state index contributed by atoms with van der Waals surface area (Å²) < 4.78 is 16.6. The first-order valence-corrected chi connectivity index (χ1v) is 10.4. The summed E-state index contributed by atoms with van der Waals surface area (Å²) in [5, 5.41) is 6.89. The maximum absolute atomic E-state index is 13.5. The van der Waals surface area contributed by atoms with Crippen molar-refractivity contribution in [1.82, 2.24) is 19.1 Å². The summed E-state index contributed by atoms with van der Waals surface area (Å²) in [4.78, 5) is 28.4. The number of amides is 1. The predicted molar refractivity (Wildman–Crippen MR) is 119 cm³/mol.